The zero-order valence-electron chi connectivity index (χ0n) is 14.0. The molecule has 3 nitrogen and oxygen atoms in total. The second kappa shape index (κ2) is 6.94. The van der Waals surface area contributed by atoms with Gasteiger partial charge in [0.15, 0.2) is 5.82 Å². The van der Waals surface area contributed by atoms with Crippen LogP contribution in [0, 0.1) is 6.92 Å². The summed E-state index contributed by atoms with van der Waals surface area (Å²) < 4.78 is 0. The Labute approximate surface area is 161 Å². The molecule has 0 aliphatic carbocycles. The lowest BCUT2D eigenvalue weighted by atomic mass is 10.1. The van der Waals surface area contributed by atoms with E-state index in [0.717, 1.165) is 28.0 Å². The average molecular weight is 380 g/mol. The quantitative estimate of drug-likeness (QED) is 0.432. The van der Waals surface area contributed by atoms with E-state index in [-0.39, 0.29) is 0 Å². The fourth-order valence-electron chi connectivity index (χ4n) is 2.80. The standard InChI is InChI=1S/C21H15Cl2N3/c1-13-5-4-6-14(11-13)20-25-19-8-3-2-7-16(19)21(26-20)24-15-9-10-17(22)18(23)12-15/h2-12H,1H3,(H,24,25,26). The smallest absolute Gasteiger partial charge is 0.162 e. The molecule has 0 unspecified atom stereocenters. The molecule has 0 fully saturated rings. The van der Waals surface area contributed by atoms with Gasteiger partial charge in [-0.2, -0.15) is 0 Å². The minimum absolute atomic E-state index is 0.494. The lowest BCUT2D eigenvalue weighted by molar-refractivity contribution is 1.22. The number of benzene rings is 3. The van der Waals surface area contributed by atoms with Gasteiger partial charge in [0.05, 0.1) is 15.6 Å². The summed E-state index contributed by atoms with van der Waals surface area (Å²) in [5.41, 5.74) is 3.84. The maximum Gasteiger partial charge on any atom is 0.162 e. The highest BCUT2D eigenvalue weighted by atomic mass is 35.5. The predicted octanol–water partition coefficient (Wildman–Crippen LogP) is 6.66. The molecule has 0 amide bonds. The number of aryl methyl sites for hydroxylation is 1. The van der Waals surface area contributed by atoms with Crippen LogP contribution < -0.4 is 5.32 Å². The summed E-state index contributed by atoms with van der Waals surface area (Å²) in [6.45, 7) is 2.05. The van der Waals surface area contributed by atoms with E-state index in [4.69, 9.17) is 33.2 Å². The number of rotatable bonds is 3. The maximum absolute atomic E-state index is 6.14. The average Bonchev–Trinajstić information content (AvgIpc) is 2.65. The van der Waals surface area contributed by atoms with Crippen LogP contribution in [0.25, 0.3) is 22.3 Å². The highest BCUT2D eigenvalue weighted by molar-refractivity contribution is 6.42. The Hall–Kier alpha value is -2.62. The van der Waals surface area contributed by atoms with Crippen LogP contribution in [-0.4, -0.2) is 9.97 Å². The van der Waals surface area contributed by atoms with Gasteiger partial charge in [0.2, 0.25) is 0 Å². The summed E-state index contributed by atoms with van der Waals surface area (Å²) in [5.74, 6) is 1.40. The molecule has 128 valence electrons. The third kappa shape index (κ3) is 3.36. The summed E-state index contributed by atoms with van der Waals surface area (Å²) in [5, 5.41) is 5.30. The van der Waals surface area contributed by atoms with Gasteiger partial charge in [-0.1, -0.05) is 59.1 Å². The normalized spacial score (nSPS) is 10.9. The van der Waals surface area contributed by atoms with Crippen LogP contribution in [0.3, 0.4) is 0 Å². The highest BCUT2D eigenvalue weighted by Crippen LogP contribution is 2.30. The molecule has 0 atom stereocenters. The molecule has 1 heterocycles. The van der Waals surface area contributed by atoms with E-state index >= 15 is 0 Å². The Morgan fingerprint density at radius 2 is 1.65 bits per heavy atom. The lowest BCUT2D eigenvalue weighted by Gasteiger charge is -2.12. The fourth-order valence-corrected chi connectivity index (χ4v) is 3.09. The van der Waals surface area contributed by atoms with Crippen molar-refractivity contribution in [2.45, 2.75) is 6.92 Å². The number of halogens is 2. The van der Waals surface area contributed by atoms with E-state index in [1.54, 1.807) is 12.1 Å². The molecule has 3 aromatic carbocycles. The van der Waals surface area contributed by atoms with Crippen molar-refractivity contribution in [3.05, 3.63) is 82.3 Å². The van der Waals surface area contributed by atoms with Crippen LogP contribution in [0.1, 0.15) is 5.56 Å². The molecule has 0 saturated carbocycles. The lowest BCUT2D eigenvalue weighted by Crippen LogP contribution is -1.99. The van der Waals surface area contributed by atoms with Gasteiger partial charge in [-0.3, -0.25) is 0 Å². The first kappa shape index (κ1) is 16.8. The van der Waals surface area contributed by atoms with E-state index < -0.39 is 0 Å². The van der Waals surface area contributed by atoms with Crippen molar-refractivity contribution < 1.29 is 0 Å². The zero-order chi connectivity index (χ0) is 18.1. The molecule has 0 spiro atoms. The van der Waals surface area contributed by atoms with Crippen molar-refractivity contribution in [2.75, 3.05) is 5.32 Å². The summed E-state index contributed by atoms with van der Waals surface area (Å²) in [4.78, 5) is 9.48. The Balaban J connectivity index is 1.85. The third-order valence-corrected chi connectivity index (χ3v) is 4.80. The molecule has 0 radical (unpaired) electrons. The molecular formula is C21H15Cl2N3. The molecule has 4 aromatic rings. The second-order valence-electron chi connectivity index (χ2n) is 6.04. The minimum atomic E-state index is 0.494. The van der Waals surface area contributed by atoms with Gasteiger partial charge in [-0.25, -0.2) is 9.97 Å². The van der Waals surface area contributed by atoms with Crippen LogP contribution in [0.2, 0.25) is 10.0 Å². The number of hydrogen-bond acceptors (Lipinski definition) is 3. The monoisotopic (exact) mass is 379 g/mol. The van der Waals surface area contributed by atoms with Gasteiger partial charge in [-0.15, -0.1) is 0 Å². The van der Waals surface area contributed by atoms with Gasteiger partial charge in [0.25, 0.3) is 0 Å². The number of nitrogens with zero attached hydrogens (tertiary/aromatic N) is 2. The van der Waals surface area contributed by atoms with E-state index in [0.29, 0.717) is 15.9 Å². The minimum Gasteiger partial charge on any atom is -0.340 e. The van der Waals surface area contributed by atoms with Crippen LogP contribution in [0.15, 0.2) is 66.7 Å². The van der Waals surface area contributed by atoms with Crippen LogP contribution in [-0.2, 0) is 0 Å². The maximum atomic E-state index is 6.14. The number of fused-ring (bicyclic) bond motifs is 1. The first-order valence-electron chi connectivity index (χ1n) is 8.16. The van der Waals surface area contributed by atoms with Crippen molar-refractivity contribution in [1.82, 2.24) is 9.97 Å². The molecule has 4 rings (SSSR count). The number of nitrogens with one attached hydrogen (secondary N) is 1. The number of hydrogen-bond donors (Lipinski definition) is 1. The van der Waals surface area contributed by atoms with E-state index in [1.165, 1.54) is 5.56 Å². The molecule has 0 aliphatic rings. The second-order valence-corrected chi connectivity index (χ2v) is 6.85. The van der Waals surface area contributed by atoms with Crippen molar-refractivity contribution in [1.29, 1.82) is 0 Å². The Morgan fingerprint density at radius 1 is 0.808 bits per heavy atom. The van der Waals surface area contributed by atoms with E-state index in [9.17, 15) is 0 Å². The van der Waals surface area contributed by atoms with Crippen molar-refractivity contribution in [3.63, 3.8) is 0 Å². The van der Waals surface area contributed by atoms with Crippen LogP contribution >= 0.6 is 23.2 Å². The van der Waals surface area contributed by atoms with Gasteiger partial charge >= 0.3 is 0 Å². The van der Waals surface area contributed by atoms with E-state index in [2.05, 4.69) is 24.4 Å². The number of para-hydroxylation sites is 1. The van der Waals surface area contributed by atoms with Crippen molar-refractivity contribution >= 4 is 45.6 Å². The van der Waals surface area contributed by atoms with Gasteiger partial charge in [0.1, 0.15) is 5.82 Å². The molecule has 1 aromatic heterocycles. The Bertz CT molecular complexity index is 1110. The Morgan fingerprint density at radius 3 is 2.46 bits per heavy atom. The van der Waals surface area contributed by atoms with Gasteiger partial charge < -0.3 is 5.32 Å². The molecule has 26 heavy (non-hydrogen) atoms. The fraction of sp³-hybridized carbons (Fsp3) is 0.0476. The van der Waals surface area contributed by atoms with Gasteiger partial charge in [0, 0.05) is 16.6 Å². The SMILES string of the molecule is Cc1cccc(-c2nc(Nc3ccc(Cl)c(Cl)c3)c3ccccc3n2)c1. The zero-order valence-corrected chi connectivity index (χ0v) is 15.5. The van der Waals surface area contributed by atoms with Crippen LogP contribution in [0.4, 0.5) is 11.5 Å². The predicted molar refractivity (Wildman–Crippen MR) is 109 cm³/mol. The molecular weight excluding hydrogens is 365 g/mol. The van der Waals surface area contributed by atoms with Crippen LogP contribution in [0.5, 0.6) is 0 Å². The molecule has 1 N–H and O–H groups in total. The third-order valence-electron chi connectivity index (χ3n) is 4.06. The topological polar surface area (TPSA) is 37.8 Å². The molecule has 0 saturated heterocycles. The summed E-state index contributed by atoms with van der Waals surface area (Å²) >= 11 is 12.2. The largest absolute Gasteiger partial charge is 0.340 e. The van der Waals surface area contributed by atoms with Crippen molar-refractivity contribution in [3.8, 4) is 11.4 Å². The molecule has 0 bridgehead atoms. The number of anilines is 2. The summed E-state index contributed by atoms with van der Waals surface area (Å²) in [7, 11) is 0. The Kier molecular flexibility index (Phi) is 4.49. The molecule has 0 aliphatic heterocycles. The van der Waals surface area contributed by atoms with Gasteiger partial charge in [-0.05, 0) is 43.3 Å². The summed E-state index contributed by atoms with van der Waals surface area (Å²) in [6.07, 6.45) is 0. The first-order valence-corrected chi connectivity index (χ1v) is 8.92. The highest BCUT2D eigenvalue weighted by Gasteiger charge is 2.10. The summed E-state index contributed by atoms with van der Waals surface area (Å²) in [6, 6.07) is 21.5. The van der Waals surface area contributed by atoms with Crippen molar-refractivity contribution in [2.24, 2.45) is 0 Å². The number of aromatic nitrogens is 2. The first-order chi connectivity index (χ1) is 12.6. The van der Waals surface area contributed by atoms with E-state index in [1.807, 2.05) is 42.5 Å². The molecule has 5 heteroatoms.